The van der Waals surface area contributed by atoms with Crippen molar-refractivity contribution in [1.82, 2.24) is 5.32 Å². The molecule has 0 radical (unpaired) electrons. The van der Waals surface area contributed by atoms with Crippen LogP contribution in [0.25, 0.3) is 0 Å². The highest BCUT2D eigenvalue weighted by Crippen LogP contribution is 2.25. The van der Waals surface area contributed by atoms with E-state index in [1.807, 2.05) is 20.8 Å². The summed E-state index contributed by atoms with van der Waals surface area (Å²) < 4.78 is 36.6. The Morgan fingerprint density at radius 1 is 1.24 bits per heavy atom. The number of nitrogens with zero attached hydrogens (tertiary/aromatic N) is 1. The van der Waals surface area contributed by atoms with Crippen LogP contribution < -0.4 is 5.32 Å². The van der Waals surface area contributed by atoms with Crippen LogP contribution in [0.3, 0.4) is 0 Å². The molecule has 2 atom stereocenters. The SMILES string of the molecule is CC(C)(C)CC(O)CNCC(C#N)C(F)(F)F. The monoisotopic (exact) mass is 252 g/mol. The van der Waals surface area contributed by atoms with Crippen LogP contribution in [0.4, 0.5) is 13.2 Å². The fourth-order valence-corrected chi connectivity index (χ4v) is 1.41. The lowest BCUT2D eigenvalue weighted by Crippen LogP contribution is -2.37. The number of hydrogen-bond donors (Lipinski definition) is 2. The van der Waals surface area contributed by atoms with E-state index in [0.29, 0.717) is 6.42 Å². The highest BCUT2D eigenvalue weighted by Gasteiger charge is 2.39. The van der Waals surface area contributed by atoms with Gasteiger partial charge in [-0.1, -0.05) is 20.8 Å². The number of alkyl halides is 3. The molecule has 100 valence electrons. The maximum absolute atomic E-state index is 12.2. The third-order valence-electron chi connectivity index (χ3n) is 2.13. The Bertz CT molecular complexity index is 265. The molecule has 0 aromatic heterocycles. The molecule has 2 N–H and O–H groups in total. The highest BCUT2D eigenvalue weighted by molar-refractivity contribution is 4.90. The largest absolute Gasteiger partial charge is 0.405 e. The van der Waals surface area contributed by atoms with E-state index >= 15 is 0 Å². The Labute approximate surface area is 99.6 Å². The zero-order chi connectivity index (χ0) is 13.7. The molecular formula is C11H19F3N2O. The lowest BCUT2D eigenvalue weighted by Gasteiger charge is -2.23. The number of halogens is 3. The van der Waals surface area contributed by atoms with Gasteiger partial charge in [0.1, 0.15) is 0 Å². The van der Waals surface area contributed by atoms with Crippen molar-refractivity contribution < 1.29 is 18.3 Å². The van der Waals surface area contributed by atoms with Crippen molar-refractivity contribution in [2.24, 2.45) is 11.3 Å². The van der Waals surface area contributed by atoms with Crippen LogP contribution >= 0.6 is 0 Å². The normalized spacial score (nSPS) is 16.4. The minimum absolute atomic E-state index is 0.0610. The van der Waals surface area contributed by atoms with Crippen molar-refractivity contribution in [2.75, 3.05) is 13.1 Å². The van der Waals surface area contributed by atoms with Gasteiger partial charge in [-0.15, -0.1) is 0 Å². The quantitative estimate of drug-likeness (QED) is 0.787. The van der Waals surface area contributed by atoms with Gasteiger partial charge in [0.05, 0.1) is 12.2 Å². The Kier molecular flexibility index (Phi) is 5.93. The van der Waals surface area contributed by atoms with E-state index in [1.165, 1.54) is 6.07 Å². The molecule has 0 aliphatic rings. The first-order chi connectivity index (χ1) is 7.56. The smallest absolute Gasteiger partial charge is 0.392 e. The summed E-state index contributed by atoms with van der Waals surface area (Å²) in [6.45, 7) is 5.38. The van der Waals surface area contributed by atoms with Crippen LogP contribution in [0.2, 0.25) is 0 Å². The van der Waals surface area contributed by atoms with Gasteiger partial charge in [0.2, 0.25) is 0 Å². The summed E-state index contributed by atoms with van der Waals surface area (Å²) >= 11 is 0. The molecule has 0 fully saturated rings. The van der Waals surface area contributed by atoms with Gasteiger partial charge in [-0.05, 0) is 11.8 Å². The van der Waals surface area contributed by atoms with E-state index < -0.39 is 24.7 Å². The van der Waals surface area contributed by atoms with Gasteiger partial charge in [-0.2, -0.15) is 18.4 Å². The Morgan fingerprint density at radius 2 is 1.76 bits per heavy atom. The third-order valence-corrected chi connectivity index (χ3v) is 2.13. The van der Waals surface area contributed by atoms with Crippen LogP contribution in [-0.2, 0) is 0 Å². The van der Waals surface area contributed by atoms with Gasteiger partial charge in [-0.25, -0.2) is 0 Å². The topological polar surface area (TPSA) is 56.0 Å². The highest BCUT2D eigenvalue weighted by atomic mass is 19.4. The summed E-state index contributed by atoms with van der Waals surface area (Å²) in [6.07, 6.45) is -4.73. The summed E-state index contributed by atoms with van der Waals surface area (Å²) in [5, 5.41) is 20.4. The molecule has 0 aliphatic heterocycles. The minimum atomic E-state index is -4.52. The second kappa shape index (κ2) is 6.22. The van der Waals surface area contributed by atoms with Crippen molar-refractivity contribution in [2.45, 2.75) is 39.5 Å². The number of rotatable bonds is 5. The maximum atomic E-state index is 12.2. The van der Waals surface area contributed by atoms with Gasteiger partial charge in [0.25, 0.3) is 0 Å². The lowest BCUT2D eigenvalue weighted by atomic mass is 9.89. The molecule has 17 heavy (non-hydrogen) atoms. The van der Waals surface area contributed by atoms with E-state index in [-0.39, 0.29) is 12.0 Å². The number of aliphatic hydroxyl groups is 1. The predicted molar refractivity (Wildman–Crippen MR) is 58.1 cm³/mol. The average molecular weight is 252 g/mol. The molecule has 0 aliphatic carbocycles. The van der Waals surface area contributed by atoms with Crippen molar-refractivity contribution in [3.05, 3.63) is 0 Å². The van der Waals surface area contributed by atoms with Crippen LogP contribution in [-0.4, -0.2) is 30.5 Å². The summed E-state index contributed by atoms with van der Waals surface area (Å²) in [4.78, 5) is 0. The first-order valence-corrected chi connectivity index (χ1v) is 5.41. The first-order valence-electron chi connectivity index (χ1n) is 5.41. The van der Waals surface area contributed by atoms with Crippen molar-refractivity contribution in [1.29, 1.82) is 5.26 Å². The second-order valence-corrected chi connectivity index (χ2v) is 5.30. The molecule has 6 heteroatoms. The number of nitrogens with one attached hydrogen (secondary N) is 1. The summed E-state index contributed by atoms with van der Waals surface area (Å²) in [6, 6.07) is 1.19. The fraction of sp³-hybridized carbons (Fsp3) is 0.909. The zero-order valence-electron chi connectivity index (χ0n) is 10.3. The van der Waals surface area contributed by atoms with Gasteiger partial charge < -0.3 is 10.4 Å². The molecule has 0 heterocycles. The first kappa shape index (κ1) is 16.2. The summed E-state index contributed by atoms with van der Waals surface area (Å²) in [5.74, 6) is -2.02. The molecule has 0 saturated heterocycles. The van der Waals surface area contributed by atoms with Crippen molar-refractivity contribution in [3.63, 3.8) is 0 Å². The molecule has 3 nitrogen and oxygen atoms in total. The second-order valence-electron chi connectivity index (χ2n) is 5.30. The third kappa shape index (κ3) is 8.00. The van der Waals surface area contributed by atoms with E-state index in [4.69, 9.17) is 5.26 Å². The Morgan fingerprint density at radius 3 is 2.12 bits per heavy atom. The molecular weight excluding hydrogens is 233 g/mol. The van der Waals surface area contributed by atoms with Gasteiger partial charge in [-0.3, -0.25) is 0 Å². The standard InChI is InChI=1S/C11H19F3N2O/c1-10(2,3)4-9(17)7-16-6-8(5-15)11(12,13)14/h8-9,16-17H,4,6-7H2,1-3H3. The van der Waals surface area contributed by atoms with Crippen LogP contribution in [0, 0.1) is 22.7 Å². The average Bonchev–Trinajstić information content (AvgIpc) is 2.07. The maximum Gasteiger partial charge on any atom is 0.405 e. The summed E-state index contributed by atoms with van der Waals surface area (Å²) in [5.41, 5.74) is -0.0836. The van der Waals surface area contributed by atoms with Crippen LogP contribution in [0.5, 0.6) is 0 Å². The number of hydrogen-bond acceptors (Lipinski definition) is 3. The van der Waals surface area contributed by atoms with E-state index in [1.54, 1.807) is 0 Å². The van der Waals surface area contributed by atoms with Gasteiger partial charge >= 0.3 is 6.18 Å². The molecule has 0 amide bonds. The molecule has 2 unspecified atom stereocenters. The zero-order valence-corrected chi connectivity index (χ0v) is 10.3. The molecule has 0 saturated carbocycles. The van der Waals surface area contributed by atoms with Crippen molar-refractivity contribution >= 4 is 0 Å². The minimum Gasteiger partial charge on any atom is -0.392 e. The van der Waals surface area contributed by atoms with Crippen LogP contribution in [0.1, 0.15) is 27.2 Å². The van der Waals surface area contributed by atoms with Crippen molar-refractivity contribution in [3.8, 4) is 6.07 Å². The fourth-order valence-electron chi connectivity index (χ4n) is 1.41. The Hall–Kier alpha value is -0.800. The van der Waals surface area contributed by atoms with E-state index in [2.05, 4.69) is 5.32 Å². The molecule has 0 bridgehead atoms. The predicted octanol–water partition coefficient (Wildman–Crippen LogP) is 2.08. The number of nitriles is 1. The molecule has 0 aromatic carbocycles. The van der Waals surface area contributed by atoms with E-state index in [9.17, 15) is 18.3 Å². The number of aliphatic hydroxyl groups excluding tert-OH is 1. The van der Waals surface area contributed by atoms with E-state index in [0.717, 1.165) is 0 Å². The summed E-state index contributed by atoms with van der Waals surface area (Å²) in [7, 11) is 0. The van der Waals surface area contributed by atoms with Crippen LogP contribution in [0.15, 0.2) is 0 Å². The van der Waals surface area contributed by atoms with Gasteiger partial charge in [0, 0.05) is 13.1 Å². The molecule has 0 rings (SSSR count). The lowest BCUT2D eigenvalue weighted by molar-refractivity contribution is -0.157. The molecule has 0 aromatic rings. The molecule has 0 spiro atoms. The van der Waals surface area contributed by atoms with Gasteiger partial charge in [0.15, 0.2) is 5.92 Å². The Balaban J connectivity index is 3.96.